The SMILES string of the molecule is CCNC(=NCc1ccc(C)cc1OC(C)C)NCCCN(C)CCOC. The highest BCUT2D eigenvalue weighted by molar-refractivity contribution is 5.79. The molecule has 0 atom stereocenters. The molecular weight excluding hydrogens is 340 g/mol. The highest BCUT2D eigenvalue weighted by Crippen LogP contribution is 2.22. The number of aliphatic imine (C=N–C) groups is 1. The fraction of sp³-hybridized carbons (Fsp3) is 0.667. The van der Waals surface area contributed by atoms with E-state index in [-0.39, 0.29) is 6.10 Å². The first-order valence-corrected chi connectivity index (χ1v) is 9.92. The van der Waals surface area contributed by atoms with Crippen molar-refractivity contribution in [1.29, 1.82) is 0 Å². The molecule has 0 aliphatic carbocycles. The number of hydrogen-bond acceptors (Lipinski definition) is 4. The quantitative estimate of drug-likeness (QED) is 0.333. The van der Waals surface area contributed by atoms with Crippen LogP contribution in [-0.4, -0.2) is 63.9 Å². The Hall–Kier alpha value is -1.79. The normalized spacial score (nSPS) is 11.9. The maximum Gasteiger partial charge on any atom is 0.191 e. The number of hydrogen-bond donors (Lipinski definition) is 2. The molecule has 1 rings (SSSR count). The summed E-state index contributed by atoms with van der Waals surface area (Å²) < 4.78 is 11.1. The molecule has 0 aliphatic heterocycles. The first-order valence-electron chi connectivity index (χ1n) is 9.92. The smallest absolute Gasteiger partial charge is 0.191 e. The molecule has 1 aromatic carbocycles. The van der Waals surface area contributed by atoms with Gasteiger partial charge in [0.05, 0.1) is 19.3 Å². The second-order valence-corrected chi connectivity index (χ2v) is 7.05. The summed E-state index contributed by atoms with van der Waals surface area (Å²) >= 11 is 0. The van der Waals surface area contributed by atoms with Crippen LogP contribution in [0.3, 0.4) is 0 Å². The van der Waals surface area contributed by atoms with Crippen molar-refractivity contribution in [1.82, 2.24) is 15.5 Å². The molecule has 27 heavy (non-hydrogen) atoms. The monoisotopic (exact) mass is 378 g/mol. The molecular formula is C21H38N4O2. The lowest BCUT2D eigenvalue weighted by molar-refractivity contribution is 0.161. The summed E-state index contributed by atoms with van der Waals surface area (Å²) in [6.45, 7) is 13.3. The molecule has 0 radical (unpaired) electrons. The van der Waals surface area contributed by atoms with Gasteiger partial charge in [-0.15, -0.1) is 0 Å². The molecule has 6 nitrogen and oxygen atoms in total. The molecule has 0 bridgehead atoms. The van der Waals surface area contributed by atoms with Crippen molar-refractivity contribution in [3.8, 4) is 5.75 Å². The van der Waals surface area contributed by atoms with Crippen LogP contribution in [0.25, 0.3) is 0 Å². The van der Waals surface area contributed by atoms with Gasteiger partial charge >= 0.3 is 0 Å². The first-order chi connectivity index (χ1) is 13.0. The number of aryl methyl sites for hydroxylation is 1. The zero-order valence-corrected chi connectivity index (χ0v) is 18.0. The summed E-state index contributed by atoms with van der Waals surface area (Å²) in [6.07, 6.45) is 1.20. The Labute approximate surface area is 165 Å². The molecule has 0 saturated heterocycles. The topological polar surface area (TPSA) is 58.1 Å². The van der Waals surface area contributed by atoms with E-state index >= 15 is 0 Å². The van der Waals surface area contributed by atoms with E-state index in [1.807, 2.05) is 13.8 Å². The minimum absolute atomic E-state index is 0.149. The van der Waals surface area contributed by atoms with Crippen molar-refractivity contribution in [2.24, 2.45) is 4.99 Å². The second kappa shape index (κ2) is 13.4. The van der Waals surface area contributed by atoms with Crippen LogP contribution in [0.15, 0.2) is 23.2 Å². The third-order valence-corrected chi connectivity index (χ3v) is 4.02. The number of benzene rings is 1. The largest absolute Gasteiger partial charge is 0.491 e. The van der Waals surface area contributed by atoms with Crippen LogP contribution in [-0.2, 0) is 11.3 Å². The van der Waals surface area contributed by atoms with Gasteiger partial charge in [0.15, 0.2) is 5.96 Å². The summed E-state index contributed by atoms with van der Waals surface area (Å²) in [4.78, 5) is 7.00. The molecule has 0 aliphatic rings. The Bertz CT molecular complexity index is 561. The van der Waals surface area contributed by atoms with Crippen LogP contribution in [0.4, 0.5) is 0 Å². The van der Waals surface area contributed by atoms with Crippen LogP contribution in [0.5, 0.6) is 5.75 Å². The van der Waals surface area contributed by atoms with Crippen LogP contribution in [0.2, 0.25) is 0 Å². The number of nitrogens with one attached hydrogen (secondary N) is 2. The van der Waals surface area contributed by atoms with Gasteiger partial charge in [-0.3, -0.25) is 0 Å². The fourth-order valence-corrected chi connectivity index (χ4v) is 2.58. The Kier molecular flexibility index (Phi) is 11.5. The van der Waals surface area contributed by atoms with Crippen LogP contribution in [0.1, 0.15) is 38.3 Å². The third-order valence-electron chi connectivity index (χ3n) is 4.02. The van der Waals surface area contributed by atoms with Crippen molar-refractivity contribution in [3.05, 3.63) is 29.3 Å². The van der Waals surface area contributed by atoms with E-state index in [4.69, 9.17) is 14.5 Å². The lowest BCUT2D eigenvalue weighted by atomic mass is 10.1. The zero-order chi connectivity index (χ0) is 20.1. The number of rotatable bonds is 12. The molecule has 0 unspecified atom stereocenters. The number of methoxy groups -OCH3 is 1. The van der Waals surface area contributed by atoms with Crippen LogP contribution >= 0.6 is 0 Å². The Morgan fingerprint density at radius 3 is 2.67 bits per heavy atom. The Balaban J connectivity index is 2.58. The van der Waals surface area contributed by atoms with Gasteiger partial charge in [0.1, 0.15) is 5.75 Å². The molecule has 0 fully saturated rings. The third kappa shape index (κ3) is 10.2. The van der Waals surface area contributed by atoms with Gasteiger partial charge < -0.3 is 25.0 Å². The summed E-state index contributed by atoms with van der Waals surface area (Å²) in [5.41, 5.74) is 2.30. The van der Waals surface area contributed by atoms with E-state index in [0.29, 0.717) is 6.54 Å². The van der Waals surface area contributed by atoms with E-state index in [1.165, 1.54) is 5.56 Å². The average Bonchev–Trinajstić information content (AvgIpc) is 2.62. The summed E-state index contributed by atoms with van der Waals surface area (Å²) in [5.74, 6) is 1.76. The van der Waals surface area contributed by atoms with Gasteiger partial charge in [-0.1, -0.05) is 12.1 Å². The van der Waals surface area contributed by atoms with E-state index in [1.54, 1.807) is 7.11 Å². The molecule has 0 spiro atoms. The van der Waals surface area contributed by atoms with Crippen molar-refractivity contribution >= 4 is 5.96 Å². The molecule has 0 aromatic heterocycles. The molecule has 6 heteroatoms. The van der Waals surface area contributed by atoms with Gasteiger partial charge in [-0.25, -0.2) is 4.99 Å². The van der Waals surface area contributed by atoms with Gasteiger partial charge in [0.25, 0.3) is 0 Å². The number of nitrogens with zero attached hydrogens (tertiary/aromatic N) is 2. The van der Waals surface area contributed by atoms with E-state index in [0.717, 1.165) is 56.5 Å². The first kappa shape index (κ1) is 23.2. The van der Waals surface area contributed by atoms with Gasteiger partial charge in [-0.2, -0.15) is 0 Å². The number of likely N-dealkylation sites (N-methyl/N-ethyl adjacent to an activating group) is 1. The molecule has 0 heterocycles. The van der Waals surface area contributed by atoms with E-state index < -0.39 is 0 Å². The lowest BCUT2D eigenvalue weighted by Crippen LogP contribution is -2.38. The minimum Gasteiger partial charge on any atom is -0.491 e. The second-order valence-electron chi connectivity index (χ2n) is 7.05. The lowest BCUT2D eigenvalue weighted by Gasteiger charge is -2.17. The molecule has 1 aromatic rings. The maximum absolute atomic E-state index is 5.95. The predicted molar refractivity (Wildman–Crippen MR) is 114 cm³/mol. The summed E-state index contributed by atoms with van der Waals surface area (Å²) in [6, 6.07) is 6.29. The van der Waals surface area contributed by atoms with Crippen molar-refractivity contribution in [2.45, 2.75) is 46.8 Å². The van der Waals surface area contributed by atoms with Crippen molar-refractivity contribution in [2.75, 3.05) is 46.9 Å². The number of ether oxygens (including phenoxy) is 2. The van der Waals surface area contributed by atoms with Crippen molar-refractivity contribution < 1.29 is 9.47 Å². The maximum atomic E-state index is 5.95. The zero-order valence-electron chi connectivity index (χ0n) is 18.0. The fourth-order valence-electron chi connectivity index (χ4n) is 2.58. The Morgan fingerprint density at radius 1 is 1.22 bits per heavy atom. The van der Waals surface area contributed by atoms with Crippen LogP contribution < -0.4 is 15.4 Å². The van der Waals surface area contributed by atoms with Gasteiger partial charge in [0, 0.05) is 32.3 Å². The van der Waals surface area contributed by atoms with Crippen molar-refractivity contribution in [3.63, 3.8) is 0 Å². The average molecular weight is 379 g/mol. The standard InChI is InChI=1S/C21H38N4O2/c1-7-22-21(23-11-8-12-25(5)13-14-26-6)24-16-19-10-9-18(4)15-20(19)27-17(2)3/h9-10,15,17H,7-8,11-14,16H2,1-6H3,(H2,22,23,24). The highest BCUT2D eigenvalue weighted by Gasteiger charge is 2.07. The summed E-state index contributed by atoms with van der Waals surface area (Å²) in [5, 5.41) is 6.73. The van der Waals surface area contributed by atoms with E-state index in [2.05, 4.69) is 54.6 Å². The highest BCUT2D eigenvalue weighted by atomic mass is 16.5. The molecule has 0 amide bonds. The molecule has 2 N–H and O–H groups in total. The van der Waals surface area contributed by atoms with Gasteiger partial charge in [0.2, 0.25) is 0 Å². The molecule has 0 saturated carbocycles. The van der Waals surface area contributed by atoms with Gasteiger partial charge in [-0.05, 0) is 59.3 Å². The van der Waals surface area contributed by atoms with Crippen LogP contribution in [0, 0.1) is 6.92 Å². The Morgan fingerprint density at radius 2 is 2.00 bits per heavy atom. The number of guanidine groups is 1. The predicted octanol–water partition coefficient (Wildman–Crippen LogP) is 2.81. The molecule has 154 valence electrons. The van der Waals surface area contributed by atoms with E-state index in [9.17, 15) is 0 Å². The minimum atomic E-state index is 0.149. The summed E-state index contributed by atoms with van der Waals surface area (Å²) in [7, 11) is 3.85.